The van der Waals surface area contributed by atoms with Crippen LogP contribution in [0.4, 0.5) is 0 Å². The maximum absolute atomic E-state index is 11.6. The van der Waals surface area contributed by atoms with Gasteiger partial charge in [-0.2, -0.15) is 0 Å². The van der Waals surface area contributed by atoms with Crippen LogP contribution in [-0.4, -0.2) is 36.7 Å². The zero-order chi connectivity index (χ0) is 12.2. The summed E-state index contributed by atoms with van der Waals surface area (Å²) in [6, 6.07) is 0.599. The molecule has 0 saturated carbocycles. The van der Waals surface area contributed by atoms with Crippen molar-refractivity contribution < 1.29 is 9.53 Å². The first-order chi connectivity index (χ1) is 7.39. The van der Waals surface area contributed by atoms with E-state index in [9.17, 15) is 4.79 Å². The molecule has 4 heteroatoms. The largest absolute Gasteiger partial charge is 0.375 e. The maximum atomic E-state index is 11.6. The quantitative estimate of drug-likeness (QED) is 0.756. The number of carbonyl (C=O) groups excluding carboxylic acids is 1. The summed E-state index contributed by atoms with van der Waals surface area (Å²) in [5.74, 6) is 0.0800. The zero-order valence-corrected chi connectivity index (χ0v) is 10.8. The molecule has 0 aliphatic carbocycles. The lowest BCUT2D eigenvalue weighted by molar-refractivity contribution is -0.123. The van der Waals surface area contributed by atoms with Gasteiger partial charge in [0.05, 0.1) is 12.1 Å². The van der Waals surface area contributed by atoms with Crippen LogP contribution in [-0.2, 0) is 9.53 Å². The van der Waals surface area contributed by atoms with E-state index in [-0.39, 0.29) is 17.6 Å². The van der Waals surface area contributed by atoms with Crippen LogP contribution in [0, 0.1) is 0 Å². The fraction of sp³-hybridized carbons (Fsp3) is 0.917. The highest BCUT2D eigenvalue weighted by atomic mass is 16.5. The van der Waals surface area contributed by atoms with Crippen LogP contribution in [0.1, 0.15) is 40.5 Å². The molecule has 0 aromatic rings. The number of hydrogen-bond donors (Lipinski definition) is 2. The van der Waals surface area contributed by atoms with Crippen molar-refractivity contribution in [2.24, 2.45) is 0 Å². The smallest absolute Gasteiger partial charge is 0.234 e. The van der Waals surface area contributed by atoms with Crippen LogP contribution in [0.15, 0.2) is 0 Å². The van der Waals surface area contributed by atoms with Crippen molar-refractivity contribution in [2.45, 2.75) is 58.2 Å². The van der Waals surface area contributed by atoms with Crippen molar-refractivity contribution >= 4 is 5.91 Å². The van der Waals surface area contributed by atoms with Gasteiger partial charge in [-0.3, -0.25) is 4.79 Å². The molecule has 4 nitrogen and oxygen atoms in total. The van der Waals surface area contributed by atoms with Crippen LogP contribution < -0.4 is 10.6 Å². The summed E-state index contributed by atoms with van der Waals surface area (Å²) >= 11 is 0. The lowest BCUT2D eigenvalue weighted by atomic mass is 9.94. The Morgan fingerprint density at radius 2 is 2.19 bits per heavy atom. The molecule has 0 bridgehead atoms. The second kappa shape index (κ2) is 5.64. The average molecular weight is 228 g/mol. The second-order valence-electron chi connectivity index (χ2n) is 5.40. The van der Waals surface area contributed by atoms with E-state index in [2.05, 4.69) is 24.5 Å². The number of amides is 1. The SMILES string of the molecule is CC(C)NCC(=O)NC1CCOC(C)(C)C1. The molecule has 16 heavy (non-hydrogen) atoms. The van der Waals surface area contributed by atoms with E-state index in [1.54, 1.807) is 0 Å². The minimum Gasteiger partial charge on any atom is -0.375 e. The summed E-state index contributed by atoms with van der Waals surface area (Å²) in [5, 5.41) is 6.16. The predicted molar refractivity (Wildman–Crippen MR) is 64.3 cm³/mol. The van der Waals surface area contributed by atoms with Gasteiger partial charge in [0.1, 0.15) is 0 Å². The monoisotopic (exact) mass is 228 g/mol. The molecule has 1 atom stereocenters. The average Bonchev–Trinajstić information content (AvgIpc) is 2.13. The Morgan fingerprint density at radius 3 is 2.75 bits per heavy atom. The molecule has 0 aromatic carbocycles. The molecule has 1 rings (SSSR count). The van der Waals surface area contributed by atoms with Crippen LogP contribution in [0.2, 0.25) is 0 Å². The number of carbonyl (C=O) groups is 1. The number of hydrogen-bond acceptors (Lipinski definition) is 3. The lowest BCUT2D eigenvalue weighted by Crippen LogP contribution is -2.48. The van der Waals surface area contributed by atoms with Crippen LogP contribution >= 0.6 is 0 Å². The topological polar surface area (TPSA) is 50.4 Å². The molecule has 1 amide bonds. The first-order valence-electron chi connectivity index (χ1n) is 6.06. The van der Waals surface area contributed by atoms with Gasteiger partial charge in [-0.25, -0.2) is 0 Å². The van der Waals surface area contributed by atoms with Gasteiger partial charge in [0.15, 0.2) is 0 Å². The maximum Gasteiger partial charge on any atom is 0.234 e. The molecule has 0 aromatic heterocycles. The Balaban J connectivity index is 2.28. The van der Waals surface area contributed by atoms with Crippen molar-refractivity contribution in [3.63, 3.8) is 0 Å². The minimum absolute atomic E-state index is 0.0800. The first kappa shape index (κ1) is 13.5. The third kappa shape index (κ3) is 4.94. The Kier molecular flexibility index (Phi) is 4.74. The molecule has 94 valence electrons. The van der Waals surface area contributed by atoms with Crippen molar-refractivity contribution in [1.82, 2.24) is 10.6 Å². The molecule has 1 aliphatic rings. The summed E-state index contributed by atoms with van der Waals surface area (Å²) in [5.41, 5.74) is -0.109. The van der Waals surface area contributed by atoms with Crippen LogP contribution in [0.3, 0.4) is 0 Å². The van der Waals surface area contributed by atoms with Crippen molar-refractivity contribution in [3.8, 4) is 0 Å². The first-order valence-corrected chi connectivity index (χ1v) is 6.06. The standard InChI is InChI=1S/C12H24N2O2/c1-9(2)13-8-11(15)14-10-5-6-16-12(3,4)7-10/h9-10,13H,5-8H2,1-4H3,(H,14,15). The molecule has 0 spiro atoms. The third-order valence-corrected chi connectivity index (χ3v) is 2.73. The van der Waals surface area contributed by atoms with Crippen LogP contribution in [0.25, 0.3) is 0 Å². The summed E-state index contributed by atoms with van der Waals surface area (Å²) in [6.07, 6.45) is 1.80. The number of ether oxygens (including phenoxy) is 1. The van der Waals surface area contributed by atoms with Gasteiger partial charge >= 0.3 is 0 Å². The fourth-order valence-corrected chi connectivity index (χ4v) is 1.93. The van der Waals surface area contributed by atoms with Crippen molar-refractivity contribution in [2.75, 3.05) is 13.2 Å². The van der Waals surface area contributed by atoms with E-state index >= 15 is 0 Å². The van der Waals surface area contributed by atoms with E-state index in [1.165, 1.54) is 0 Å². The highest BCUT2D eigenvalue weighted by Crippen LogP contribution is 2.23. The highest BCUT2D eigenvalue weighted by Gasteiger charge is 2.29. The van der Waals surface area contributed by atoms with Gasteiger partial charge in [-0.1, -0.05) is 13.8 Å². The van der Waals surface area contributed by atoms with Gasteiger partial charge in [0, 0.05) is 18.7 Å². The third-order valence-electron chi connectivity index (χ3n) is 2.73. The van der Waals surface area contributed by atoms with Gasteiger partial charge in [0.25, 0.3) is 0 Å². The molecule has 1 saturated heterocycles. The molecule has 0 radical (unpaired) electrons. The Hall–Kier alpha value is -0.610. The van der Waals surface area contributed by atoms with E-state index in [0.717, 1.165) is 19.4 Å². The predicted octanol–water partition coefficient (Wildman–Crippen LogP) is 1.06. The molecular formula is C12H24N2O2. The summed E-state index contributed by atoms with van der Waals surface area (Å²) < 4.78 is 5.61. The zero-order valence-electron chi connectivity index (χ0n) is 10.8. The normalized spacial score (nSPS) is 24.4. The Morgan fingerprint density at radius 1 is 1.50 bits per heavy atom. The van der Waals surface area contributed by atoms with Gasteiger partial charge < -0.3 is 15.4 Å². The molecule has 1 unspecified atom stereocenters. The molecule has 1 heterocycles. The van der Waals surface area contributed by atoms with E-state index in [1.807, 2.05) is 13.8 Å². The highest BCUT2D eigenvalue weighted by molar-refractivity contribution is 5.78. The minimum atomic E-state index is -0.109. The second-order valence-corrected chi connectivity index (χ2v) is 5.40. The molecule has 1 fully saturated rings. The molecule has 1 aliphatic heterocycles. The molecule has 2 N–H and O–H groups in total. The lowest BCUT2D eigenvalue weighted by Gasteiger charge is -2.35. The van der Waals surface area contributed by atoms with E-state index in [0.29, 0.717) is 12.6 Å². The summed E-state index contributed by atoms with van der Waals surface area (Å²) in [4.78, 5) is 11.6. The van der Waals surface area contributed by atoms with Crippen molar-refractivity contribution in [3.05, 3.63) is 0 Å². The summed E-state index contributed by atoms with van der Waals surface area (Å²) in [7, 11) is 0. The van der Waals surface area contributed by atoms with E-state index < -0.39 is 0 Å². The van der Waals surface area contributed by atoms with Gasteiger partial charge in [0.2, 0.25) is 5.91 Å². The Bertz CT molecular complexity index is 239. The fourth-order valence-electron chi connectivity index (χ4n) is 1.93. The number of rotatable bonds is 4. The Labute approximate surface area is 98.1 Å². The van der Waals surface area contributed by atoms with Crippen molar-refractivity contribution in [1.29, 1.82) is 0 Å². The van der Waals surface area contributed by atoms with E-state index in [4.69, 9.17) is 4.74 Å². The van der Waals surface area contributed by atoms with Gasteiger partial charge in [-0.05, 0) is 26.7 Å². The summed E-state index contributed by atoms with van der Waals surface area (Å²) in [6.45, 7) is 9.33. The van der Waals surface area contributed by atoms with Crippen LogP contribution in [0.5, 0.6) is 0 Å². The number of nitrogens with one attached hydrogen (secondary N) is 2. The van der Waals surface area contributed by atoms with Gasteiger partial charge in [-0.15, -0.1) is 0 Å². The molecular weight excluding hydrogens is 204 g/mol.